The number of carboxylic acids is 1. The van der Waals surface area contributed by atoms with E-state index in [-0.39, 0.29) is 23.2 Å². The monoisotopic (exact) mass is 390 g/mol. The highest BCUT2D eigenvalue weighted by Crippen LogP contribution is 2.43. The number of hydrogen-bond acceptors (Lipinski definition) is 5. The van der Waals surface area contributed by atoms with Crippen LogP contribution in [0, 0.1) is 0 Å². The standard InChI is InChI=1S/C23H18O6/c1-28-14-6-7-16-20(11-14)29-23-17(8-9-19(25)18(23)12-24)22(16)15-5-3-2-4-13(15)10-21(26)27/h2-9,11,24H,10,12H2,1H3,(H,26,27). The van der Waals surface area contributed by atoms with Gasteiger partial charge in [0.2, 0.25) is 0 Å². The molecule has 0 saturated carbocycles. The van der Waals surface area contributed by atoms with E-state index in [1.54, 1.807) is 37.4 Å². The van der Waals surface area contributed by atoms with Crippen LogP contribution in [0.3, 0.4) is 0 Å². The van der Waals surface area contributed by atoms with Gasteiger partial charge in [0.05, 0.1) is 25.7 Å². The fraction of sp³-hybridized carbons (Fsp3) is 0.130. The smallest absolute Gasteiger partial charge is 0.307 e. The van der Waals surface area contributed by atoms with Crippen LogP contribution in [0.5, 0.6) is 5.75 Å². The summed E-state index contributed by atoms with van der Waals surface area (Å²) in [5.74, 6) is -0.0821. The lowest BCUT2D eigenvalue weighted by molar-refractivity contribution is -0.136. The molecule has 2 aromatic carbocycles. The minimum atomic E-state index is -0.939. The molecule has 6 nitrogen and oxygen atoms in total. The van der Waals surface area contributed by atoms with Crippen LogP contribution >= 0.6 is 0 Å². The molecule has 0 spiro atoms. The predicted octanol–water partition coefficient (Wildman–Crippen LogP) is 3.69. The highest BCUT2D eigenvalue weighted by molar-refractivity contribution is 6.03. The molecule has 0 bridgehead atoms. The van der Waals surface area contributed by atoms with Crippen LogP contribution in [0.25, 0.3) is 33.4 Å². The number of carboxylic acid groups (broad SMARTS) is 1. The lowest BCUT2D eigenvalue weighted by atomic mass is 9.88. The van der Waals surface area contributed by atoms with E-state index >= 15 is 0 Å². The summed E-state index contributed by atoms with van der Waals surface area (Å²) in [5.41, 5.74) is 3.05. The molecule has 0 radical (unpaired) electrons. The van der Waals surface area contributed by atoms with Crippen molar-refractivity contribution in [2.45, 2.75) is 13.0 Å². The number of carbonyl (C=O) groups is 1. The SMILES string of the molecule is COc1ccc2c(-c3ccccc3CC(=O)O)c3ccc(=O)c(CO)c-3oc2c1. The summed E-state index contributed by atoms with van der Waals surface area (Å²) < 4.78 is 11.3. The third kappa shape index (κ3) is 3.23. The van der Waals surface area contributed by atoms with E-state index in [9.17, 15) is 19.8 Å². The van der Waals surface area contributed by atoms with Gasteiger partial charge in [-0.15, -0.1) is 0 Å². The van der Waals surface area contributed by atoms with Crippen molar-refractivity contribution in [2.24, 2.45) is 0 Å². The summed E-state index contributed by atoms with van der Waals surface area (Å²) in [4.78, 5) is 23.7. The van der Waals surface area contributed by atoms with Gasteiger partial charge < -0.3 is 19.4 Å². The number of aliphatic carboxylic acids is 1. The fourth-order valence-corrected chi connectivity index (χ4v) is 3.62. The van der Waals surface area contributed by atoms with Gasteiger partial charge in [-0.3, -0.25) is 9.59 Å². The summed E-state index contributed by atoms with van der Waals surface area (Å²) in [5, 5.41) is 19.9. The van der Waals surface area contributed by atoms with Gasteiger partial charge in [-0.1, -0.05) is 24.3 Å². The van der Waals surface area contributed by atoms with Gasteiger partial charge in [-0.25, -0.2) is 0 Å². The number of benzene rings is 3. The molecule has 29 heavy (non-hydrogen) atoms. The molecule has 4 rings (SSSR count). The first-order chi connectivity index (χ1) is 14.0. The van der Waals surface area contributed by atoms with E-state index in [4.69, 9.17) is 9.15 Å². The molecule has 2 aromatic rings. The van der Waals surface area contributed by atoms with E-state index in [1.165, 1.54) is 6.07 Å². The van der Waals surface area contributed by atoms with Crippen molar-refractivity contribution in [2.75, 3.05) is 7.11 Å². The fourth-order valence-electron chi connectivity index (χ4n) is 3.62. The topological polar surface area (TPSA) is 97.0 Å². The molecule has 6 heteroatoms. The Morgan fingerprint density at radius 1 is 1.07 bits per heavy atom. The lowest BCUT2D eigenvalue weighted by Crippen LogP contribution is -2.11. The predicted molar refractivity (Wildman–Crippen MR) is 108 cm³/mol. The van der Waals surface area contributed by atoms with Crippen LogP contribution in [0.1, 0.15) is 11.1 Å². The van der Waals surface area contributed by atoms with Gasteiger partial charge in [-0.05, 0) is 35.4 Å². The Balaban J connectivity index is 2.16. The maximum Gasteiger partial charge on any atom is 0.307 e. The van der Waals surface area contributed by atoms with E-state index in [1.807, 2.05) is 18.2 Å². The minimum Gasteiger partial charge on any atom is -0.497 e. The molecule has 1 aliphatic carbocycles. The Kier molecular flexibility index (Phi) is 4.78. The quantitative estimate of drug-likeness (QED) is 0.505. The second-order valence-corrected chi connectivity index (χ2v) is 6.64. The molecule has 2 aliphatic rings. The van der Waals surface area contributed by atoms with Crippen molar-refractivity contribution in [3.8, 4) is 28.2 Å². The average molecular weight is 390 g/mol. The number of methoxy groups -OCH3 is 1. The molecule has 2 N–H and O–H groups in total. The molecule has 1 heterocycles. The number of aliphatic hydroxyl groups is 1. The molecular formula is C23H18O6. The summed E-state index contributed by atoms with van der Waals surface area (Å²) in [6, 6.07) is 15.6. The van der Waals surface area contributed by atoms with Crippen LogP contribution in [0.2, 0.25) is 0 Å². The second-order valence-electron chi connectivity index (χ2n) is 6.64. The number of ether oxygens (including phenoxy) is 1. The van der Waals surface area contributed by atoms with Crippen molar-refractivity contribution in [3.05, 3.63) is 75.9 Å². The average Bonchev–Trinajstić information content (AvgIpc) is 2.72. The van der Waals surface area contributed by atoms with Crippen LogP contribution in [0.4, 0.5) is 0 Å². The zero-order chi connectivity index (χ0) is 20.5. The van der Waals surface area contributed by atoms with Gasteiger partial charge in [0.1, 0.15) is 17.1 Å². The van der Waals surface area contributed by atoms with Crippen molar-refractivity contribution < 1.29 is 24.2 Å². The molecule has 0 atom stereocenters. The van der Waals surface area contributed by atoms with Gasteiger partial charge in [0.25, 0.3) is 0 Å². The van der Waals surface area contributed by atoms with Gasteiger partial charge in [0.15, 0.2) is 5.43 Å². The zero-order valence-corrected chi connectivity index (χ0v) is 15.6. The molecule has 0 amide bonds. The molecule has 0 unspecified atom stereocenters. The third-order valence-electron chi connectivity index (χ3n) is 4.94. The van der Waals surface area contributed by atoms with E-state index in [0.717, 1.165) is 16.5 Å². The molecule has 0 aromatic heterocycles. The van der Waals surface area contributed by atoms with E-state index in [2.05, 4.69) is 0 Å². The Bertz CT molecular complexity index is 1250. The van der Waals surface area contributed by atoms with Crippen LogP contribution in [-0.4, -0.2) is 23.3 Å². The number of aliphatic hydroxyl groups excluding tert-OH is 1. The maximum absolute atomic E-state index is 12.3. The lowest BCUT2D eigenvalue weighted by Gasteiger charge is -2.19. The molecule has 0 saturated heterocycles. The highest BCUT2D eigenvalue weighted by Gasteiger charge is 2.23. The Hall–Kier alpha value is -3.64. The van der Waals surface area contributed by atoms with Crippen molar-refractivity contribution >= 4 is 16.9 Å². The van der Waals surface area contributed by atoms with E-state index in [0.29, 0.717) is 22.5 Å². The Morgan fingerprint density at radius 3 is 2.59 bits per heavy atom. The first-order valence-electron chi connectivity index (χ1n) is 9.01. The van der Waals surface area contributed by atoms with Gasteiger partial charge >= 0.3 is 5.97 Å². The zero-order valence-electron chi connectivity index (χ0n) is 15.6. The summed E-state index contributed by atoms with van der Waals surface area (Å²) in [7, 11) is 1.54. The number of rotatable bonds is 5. The maximum atomic E-state index is 12.3. The Labute approximate surface area is 165 Å². The highest BCUT2D eigenvalue weighted by atomic mass is 16.5. The van der Waals surface area contributed by atoms with Crippen molar-refractivity contribution in [1.29, 1.82) is 0 Å². The normalized spacial score (nSPS) is 11.1. The largest absolute Gasteiger partial charge is 0.497 e. The van der Waals surface area contributed by atoms with Crippen LogP contribution in [-0.2, 0) is 17.8 Å². The summed E-state index contributed by atoms with van der Waals surface area (Å²) >= 11 is 0. The van der Waals surface area contributed by atoms with Crippen molar-refractivity contribution in [1.82, 2.24) is 0 Å². The number of fused-ring (bicyclic) bond motifs is 2. The molecular weight excluding hydrogens is 372 g/mol. The third-order valence-corrected chi connectivity index (χ3v) is 4.94. The first-order valence-corrected chi connectivity index (χ1v) is 9.01. The number of hydrogen-bond donors (Lipinski definition) is 2. The van der Waals surface area contributed by atoms with Crippen LogP contribution < -0.4 is 10.2 Å². The second kappa shape index (κ2) is 7.41. The Morgan fingerprint density at radius 2 is 1.86 bits per heavy atom. The van der Waals surface area contributed by atoms with Gasteiger partial charge in [0, 0.05) is 22.6 Å². The summed E-state index contributed by atoms with van der Waals surface area (Å²) in [6.07, 6.45) is -0.145. The first kappa shape index (κ1) is 18.7. The molecule has 1 aliphatic heterocycles. The van der Waals surface area contributed by atoms with E-state index < -0.39 is 12.6 Å². The van der Waals surface area contributed by atoms with Crippen LogP contribution in [0.15, 0.2) is 63.8 Å². The van der Waals surface area contributed by atoms with Crippen molar-refractivity contribution in [3.63, 3.8) is 0 Å². The van der Waals surface area contributed by atoms with Gasteiger partial charge in [-0.2, -0.15) is 0 Å². The molecule has 0 fully saturated rings. The minimum absolute atomic E-state index is 0.145. The molecule has 146 valence electrons. The summed E-state index contributed by atoms with van der Waals surface area (Å²) in [6.45, 7) is -0.467.